The number of methoxy groups -OCH3 is 1. The van der Waals surface area contributed by atoms with Crippen molar-refractivity contribution < 1.29 is 9.53 Å². The summed E-state index contributed by atoms with van der Waals surface area (Å²) in [4.78, 5) is 23.4. The Bertz CT molecular complexity index is 712. The first kappa shape index (κ1) is 16.2. The Morgan fingerprint density at radius 2 is 2.00 bits per heavy atom. The number of aryl methyl sites for hydroxylation is 1. The molecular weight excluding hydrogens is 304 g/mol. The standard InChI is InChI=1S/C18H22N4O2/c1-13-7-10-19-18(20-13)22-11-8-14(9-12-22)17(23)21-15-5-3-4-6-16(15)24-2/h3-7,10,14H,8-9,11-12H2,1-2H3,(H,21,23). The lowest BCUT2D eigenvalue weighted by molar-refractivity contribution is -0.120. The van der Waals surface area contributed by atoms with Crippen molar-refractivity contribution in [1.29, 1.82) is 0 Å². The maximum atomic E-state index is 12.5. The van der Waals surface area contributed by atoms with Crippen molar-refractivity contribution in [1.82, 2.24) is 9.97 Å². The minimum Gasteiger partial charge on any atom is -0.495 e. The molecule has 1 N–H and O–H groups in total. The number of ether oxygens (including phenoxy) is 1. The Morgan fingerprint density at radius 3 is 2.71 bits per heavy atom. The highest BCUT2D eigenvalue weighted by molar-refractivity contribution is 5.94. The molecule has 126 valence electrons. The summed E-state index contributed by atoms with van der Waals surface area (Å²) < 4.78 is 5.28. The molecule has 1 aromatic heterocycles. The van der Waals surface area contributed by atoms with Crippen molar-refractivity contribution in [3.05, 3.63) is 42.2 Å². The van der Waals surface area contributed by atoms with Crippen LogP contribution >= 0.6 is 0 Å². The summed E-state index contributed by atoms with van der Waals surface area (Å²) in [6, 6.07) is 9.35. The van der Waals surface area contributed by atoms with Crippen LogP contribution in [0.25, 0.3) is 0 Å². The van der Waals surface area contributed by atoms with Crippen LogP contribution in [0.1, 0.15) is 18.5 Å². The van der Waals surface area contributed by atoms with Crippen molar-refractivity contribution >= 4 is 17.5 Å². The molecule has 1 aliphatic rings. The van der Waals surface area contributed by atoms with E-state index in [0.717, 1.165) is 43.3 Å². The summed E-state index contributed by atoms with van der Waals surface area (Å²) in [6.45, 7) is 3.53. The fourth-order valence-corrected chi connectivity index (χ4v) is 2.91. The first-order valence-electron chi connectivity index (χ1n) is 8.16. The molecule has 1 amide bonds. The molecule has 0 aliphatic carbocycles. The van der Waals surface area contributed by atoms with Gasteiger partial charge in [0.05, 0.1) is 12.8 Å². The maximum absolute atomic E-state index is 12.5. The number of piperidine rings is 1. The van der Waals surface area contributed by atoms with Crippen molar-refractivity contribution in [2.24, 2.45) is 5.92 Å². The Balaban J connectivity index is 1.59. The fourth-order valence-electron chi connectivity index (χ4n) is 2.91. The minimum absolute atomic E-state index is 0.00373. The highest BCUT2D eigenvalue weighted by atomic mass is 16.5. The molecular formula is C18H22N4O2. The molecule has 2 heterocycles. The van der Waals surface area contributed by atoms with Gasteiger partial charge in [-0.2, -0.15) is 0 Å². The van der Waals surface area contributed by atoms with E-state index in [1.54, 1.807) is 13.3 Å². The van der Waals surface area contributed by atoms with E-state index in [4.69, 9.17) is 4.74 Å². The third-order valence-electron chi connectivity index (χ3n) is 4.30. The quantitative estimate of drug-likeness (QED) is 0.935. The van der Waals surface area contributed by atoms with E-state index in [1.807, 2.05) is 37.3 Å². The molecule has 2 aromatic rings. The number of para-hydroxylation sites is 2. The third-order valence-corrected chi connectivity index (χ3v) is 4.30. The highest BCUT2D eigenvalue weighted by Crippen LogP contribution is 2.26. The first-order valence-corrected chi connectivity index (χ1v) is 8.16. The molecule has 0 bridgehead atoms. The van der Waals surface area contributed by atoms with Gasteiger partial charge in [-0.05, 0) is 38.0 Å². The van der Waals surface area contributed by atoms with Crippen LogP contribution in [0.15, 0.2) is 36.5 Å². The molecule has 1 aliphatic heterocycles. The lowest BCUT2D eigenvalue weighted by Gasteiger charge is -2.31. The van der Waals surface area contributed by atoms with E-state index >= 15 is 0 Å². The average Bonchev–Trinajstić information content (AvgIpc) is 2.62. The molecule has 0 atom stereocenters. The van der Waals surface area contributed by atoms with Crippen LogP contribution in [0.5, 0.6) is 5.75 Å². The Morgan fingerprint density at radius 1 is 1.25 bits per heavy atom. The largest absolute Gasteiger partial charge is 0.495 e. The summed E-state index contributed by atoms with van der Waals surface area (Å²) in [6.07, 6.45) is 3.36. The second kappa shape index (κ2) is 7.29. The zero-order chi connectivity index (χ0) is 16.9. The van der Waals surface area contributed by atoms with Crippen LogP contribution in [0.4, 0.5) is 11.6 Å². The van der Waals surface area contributed by atoms with E-state index < -0.39 is 0 Å². The number of aromatic nitrogens is 2. The monoisotopic (exact) mass is 326 g/mol. The molecule has 6 nitrogen and oxygen atoms in total. The SMILES string of the molecule is COc1ccccc1NC(=O)C1CCN(c2nccc(C)n2)CC1. The lowest BCUT2D eigenvalue weighted by Crippen LogP contribution is -2.39. The summed E-state index contributed by atoms with van der Waals surface area (Å²) in [5, 5.41) is 2.98. The lowest BCUT2D eigenvalue weighted by atomic mass is 9.96. The van der Waals surface area contributed by atoms with Gasteiger partial charge in [-0.1, -0.05) is 12.1 Å². The third kappa shape index (κ3) is 3.64. The molecule has 3 rings (SSSR count). The van der Waals surface area contributed by atoms with Gasteiger partial charge in [0, 0.05) is 30.9 Å². The van der Waals surface area contributed by atoms with E-state index in [0.29, 0.717) is 5.75 Å². The molecule has 1 fully saturated rings. The molecule has 0 saturated carbocycles. The Hall–Kier alpha value is -2.63. The molecule has 0 radical (unpaired) electrons. The van der Waals surface area contributed by atoms with Gasteiger partial charge >= 0.3 is 0 Å². The zero-order valence-electron chi connectivity index (χ0n) is 14.0. The van der Waals surface area contributed by atoms with Gasteiger partial charge in [0.15, 0.2) is 0 Å². The minimum atomic E-state index is -0.00373. The highest BCUT2D eigenvalue weighted by Gasteiger charge is 2.26. The van der Waals surface area contributed by atoms with Gasteiger partial charge in [0.2, 0.25) is 11.9 Å². The summed E-state index contributed by atoms with van der Waals surface area (Å²) >= 11 is 0. The first-order chi connectivity index (χ1) is 11.7. The predicted molar refractivity (Wildman–Crippen MR) is 93.3 cm³/mol. The molecule has 1 saturated heterocycles. The smallest absolute Gasteiger partial charge is 0.227 e. The van der Waals surface area contributed by atoms with Gasteiger partial charge in [-0.25, -0.2) is 9.97 Å². The summed E-state index contributed by atoms with van der Waals surface area (Å²) in [5.41, 5.74) is 1.67. The molecule has 0 spiro atoms. The van der Waals surface area contributed by atoms with Crippen molar-refractivity contribution in [2.45, 2.75) is 19.8 Å². The van der Waals surface area contributed by atoms with E-state index in [-0.39, 0.29) is 11.8 Å². The van der Waals surface area contributed by atoms with E-state index in [2.05, 4.69) is 20.2 Å². The topological polar surface area (TPSA) is 67.3 Å². The second-order valence-electron chi connectivity index (χ2n) is 5.95. The number of nitrogens with one attached hydrogen (secondary N) is 1. The number of rotatable bonds is 4. The van der Waals surface area contributed by atoms with Crippen molar-refractivity contribution in [3.63, 3.8) is 0 Å². The van der Waals surface area contributed by atoms with Crippen LogP contribution < -0.4 is 15.0 Å². The number of carbonyl (C=O) groups excluding carboxylic acids is 1. The zero-order valence-corrected chi connectivity index (χ0v) is 14.0. The molecule has 24 heavy (non-hydrogen) atoms. The predicted octanol–water partition coefficient (Wildman–Crippen LogP) is 2.65. The fraction of sp³-hybridized carbons (Fsp3) is 0.389. The number of benzene rings is 1. The average molecular weight is 326 g/mol. The number of hydrogen-bond acceptors (Lipinski definition) is 5. The van der Waals surface area contributed by atoms with Gasteiger partial charge in [0.25, 0.3) is 0 Å². The maximum Gasteiger partial charge on any atom is 0.227 e. The summed E-state index contributed by atoms with van der Waals surface area (Å²) in [7, 11) is 1.60. The normalized spacial score (nSPS) is 15.2. The number of anilines is 2. The number of nitrogens with zero attached hydrogens (tertiary/aromatic N) is 3. The Labute approximate surface area is 141 Å². The van der Waals surface area contributed by atoms with Crippen LogP contribution in [-0.2, 0) is 4.79 Å². The van der Waals surface area contributed by atoms with Crippen molar-refractivity contribution in [3.8, 4) is 5.75 Å². The van der Waals surface area contributed by atoms with Crippen LogP contribution in [-0.4, -0.2) is 36.1 Å². The van der Waals surface area contributed by atoms with E-state index in [9.17, 15) is 4.79 Å². The number of carbonyl (C=O) groups is 1. The number of amides is 1. The van der Waals surface area contributed by atoms with Gasteiger partial charge in [-0.3, -0.25) is 4.79 Å². The second-order valence-corrected chi connectivity index (χ2v) is 5.95. The number of hydrogen-bond donors (Lipinski definition) is 1. The Kier molecular flexibility index (Phi) is 4.93. The molecule has 6 heteroatoms. The van der Waals surface area contributed by atoms with E-state index in [1.165, 1.54) is 0 Å². The molecule has 0 unspecified atom stereocenters. The van der Waals surface area contributed by atoms with Gasteiger partial charge in [-0.15, -0.1) is 0 Å². The van der Waals surface area contributed by atoms with Gasteiger partial charge < -0.3 is 15.0 Å². The van der Waals surface area contributed by atoms with Gasteiger partial charge in [0.1, 0.15) is 5.75 Å². The summed E-state index contributed by atoms with van der Waals surface area (Å²) in [5.74, 6) is 1.47. The van der Waals surface area contributed by atoms with Crippen LogP contribution in [0.2, 0.25) is 0 Å². The van der Waals surface area contributed by atoms with Crippen LogP contribution in [0.3, 0.4) is 0 Å². The van der Waals surface area contributed by atoms with Crippen LogP contribution in [0, 0.1) is 12.8 Å². The molecule has 1 aromatic carbocycles. The van der Waals surface area contributed by atoms with Crippen molar-refractivity contribution in [2.75, 3.05) is 30.4 Å².